The fourth-order valence-corrected chi connectivity index (χ4v) is 2.47. The second kappa shape index (κ2) is 6.49. The molecule has 3 rings (SSSR count). The van der Waals surface area contributed by atoms with Gasteiger partial charge in [-0.05, 0) is 42.8 Å². The molecule has 5 nitrogen and oxygen atoms in total. The van der Waals surface area contributed by atoms with Gasteiger partial charge in [0.15, 0.2) is 11.9 Å². The molecule has 0 aliphatic carbocycles. The van der Waals surface area contributed by atoms with Crippen LogP contribution in [-0.2, 0) is 4.79 Å². The van der Waals surface area contributed by atoms with E-state index < -0.39 is 12.1 Å². The molecule has 1 N–H and O–H groups in total. The number of benzene rings is 2. The van der Waals surface area contributed by atoms with Crippen molar-refractivity contribution in [1.29, 1.82) is 0 Å². The molecule has 24 heavy (non-hydrogen) atoms. The standard InChI is InChI=1S/C18H13BrO5/c1-10(18(21)22)23-13-6-7-14-15(9-13)24-16(17(14)20)8-11-2-4-12(19)5-3-11/h2-10H,1H3,(H,21,22)/b16-8-/t10-/m0/s1. The van der Waals surface area contributed by atoms with E-state index in [4.69, 9.17) is 14.6 Å². The van der Waals surface area contributed by atoms with Crippen LogP contribution in [0.5, 0.6) is 11.5 Å². The number of carboxylic acid groups (broad SMARTS) is 1. The first-order valence-electron chi connectivity index (χ1n) is 7.17. The van der Waals surface area contributed by atoms with Gasteiger partial charge in [0.2, 0.25) is 5.78 Å². The van der Waals surface area contributed by atoms with Crippen molar-refractivity contribution in [3.63, 3.8) is 0 Å². The minimum Gasteiger partial charge on any atom is -0.479 e. The van der Waals surface area contributed by atoms with Gasteiger partial charge in [-0.2, -0.15) is 0 Å². The van der Waals surface area contributed by atoms with E-state index in [0.29, 0.717) is 17.1 Å². The first-order valence-corrected chi connectivity index (χ1v) is 7.96. The van der Waals surface area contributed by atoms with Gasteiger partial charge in [0.25, 0.3) is 0 Å². The van der Waals surface area contributed by atoms with E-state index in [1.54, 1.807) is 18.2 Å². The van der Waals surface area contributed by atoms with Gasteiger partial charge in [-0.15, -0.1) is 0 Å². The second-order valence-electron chi connectivity index (χ2n) is 5.25. The number of fused-ring (bicyclic) bond motifs is 1. The summed E-state index contributed by atoms with van der Waals surface area (Å²) in [6.07, 6.45) is 0.674. The van der Waals surface area contributed by atoms with Crippen molar-refractivity contribution in [2.45, 2.75) is 13.0 Å². The molecule has 122 valence electrons. The predicted octanol–water partition coefficient (Wildman–Crippen LogP) is 3.92. The van der Waals surface area contributed by atoms with Crippen LogP contribution in [0.2, 0.25) is 0 Å². The Morgan fingerprint density at radius 1 is 1.25 bits per heavy atom. The Morgan fingerprint density at radius 3 is 2.62 bits per heavy atom. The number of aliphatic carboxylic acids is 1. The minimum atomic E-state index is -1.07. The smallest absolute Gasteiger partial charge is 0.344 e. The molecule has 0 fully saturated rings. The zero-order valence-electron chi connectivity index (χ0n) is 12.7. The lowest BCUT2D eigenvalue weighted by Crippen LogP contribution is -2.22. The Labute approximate surface area is 146 Å². The van der Waals surface area contributed by atoms with Crippen LogP contribution in [0, 0.1) is 0 Å². The summed E-state index contributed by atoms with van der Waals surface area (Å²) in [5.74, 6) is -0.371. The Morgan fingerprint density at radius 2 is 1.96 bits per heavy atom. The van der Waals surface area contributed by atoms with Crippen LogP contribution in [0.25, 0.3) is 6.08 Å². The Kier molecular flexibility index (Phi) is 4.40. The minimum absolute atomic E-state index is 0.217. The number of carbonyl (C=O) groups excluding carboxylic acids is 1. The van der Waals surface area contributed by atoms with Crippen molar-refractivity contribution in [2.24, 2.45) is 0 Å². The Bertz CT molecular complexity index is 839. The maximum Gasteiger partial charge on any atom is 0.344 e. The number of hydrogen-bond donors (Lipinski definition) is 1. The highest BCUT2D eigenvalue weighted by Crippen LogP contribution is 2.35. The summed E-state index contributed by atoms with van der Waals surface area (Å²) in [6.45, 7) is 1.43. The van der Waals surface area contributed by atoms with E-state index in [9.17, 15) is 9.59 Å². The van der Waals surface area contributed by atoms with Gasteiger partial charge in [-0.1, -0.05) is 28.1 Å². The summed E-state index contributed by atoms with van der Waals surface area (Å²) in [6, 6.07) is 12.1. The van der Waals surface area contributed by atoms with Crippen molar-refractivity contribution in [3.8, 4) is 11.5 Å². The van der Waals surface area contributed by atoms with Crippen molar-refractivity contribution in [2.75, 3.05) is 0 Å². The molecule has 0 radical (unpaired) electrons. The lowest BCUT2D eigenvalue weighted by Gasteiger charge is -2.10. The quantitative estimate of drug-likeness (QED) is 0.803. The van der Waals surface area contributed by atoms with E-state index in [-0.39, 0.29) is 11.5 Å². The molecule has 1 aliphatic rings. The fraction of sp³-hybridized carbons (Fsp3) is 0.111. The monoisotopic (exact) mass is 388 g/mol. The van der Waals surface area contributed by atoms with E-state index in [2.05, 4.69) is 15.9 Å². The number of allylic oxidation sites excluding steroid dienone is 1. The molecular formula is C18H13BrO5. The lowest BCUT2D eigenvalue weighted by molar-refractivity contribution is -0.144. The van der Waals surface area contributed by atoms with Crippen molar-refractivity contribution < 1.29 is 24.2 Å². The van der Waals surface area contributed by atoms with Crippen LogP contribution >= 0.6 is 15.9 Å². The van der Waals surface area contributed by atoms with Gasteiger partial charge in [0.1, 0.15) is 11.5 Å². The van der Waals surface area contributed by atoms with Crippen LogP contribution in [0.4, 0.5) is 0 Å². The van der Waals surface area contributed by atoms with E-state index in [1.165, 1.54) is 13.0 Å². The predicted molar refractivity (Wildman–Crippen MR) is 91.2 cm³/mol. The summed E-state index contributed by atoms with van der Waals surface area (Å²) in [5, 5.41) is 8.88. The molecule has 0 bridgehead atoms. The maximum atomic E-state index is 12.4. The molecule has 0 unspecified atom stereocenters. The third-order valence-electron chi connectivity index (χ3n) is 3.47. The molecular weight excluding hydrogens is 376 g/mol. The van der Waals surface area contributed by atoms with E-state index in [0.717, 1.165) is 10.0 Å². The first-order chi connectivity index (χ1) is 11.4. The molecule has 6 heteroatoms. The van der Waals surface area contributed by atoms with Gasteiger partial charge in [0, 0.05) is 10.5 Å². The molecule has 2 aromatic carbocycles. The third-order valence-corrected chi connectivity index (χ3v) is 4.00. The number of halogens is 1. The molecule has 1 atom stereocenters. The summed E-state index contributed by atoms with van der Waals surface area (Å²) in [7, 11) is 0. The molecule has 2 aromatic rings. The maximum absolute atomic E-state index is 12.4. The van der Waals surface area contributed by atoms with Crippen molar-refractivity contribution >= 4 is 33.8 Å². The fourth-order valence-electron chi connectivity index (χ4n) is 2.21. The molecule has 0 saturated carbocycles. The van der Waals surface area contributed by atoms with Crippen LogP contribution < -0.4 is 9.47 Å². The molecule has 0 amide bonds. The average molecular weight is 389 g/mol. The van der Waals surface area contributed by atoms with Crippen LogP contribution in [0.3, 0.4) is 0 Å². The number of carbonyl (C=O) groups is 2. The van der Waals surface area contributed by atoms with Gasteiger partial charge >= 0.3 is 5.97 Å². The lowest BCUT2D eigenvalue weighted by atomic mass is 10.1. The van der Waals surface area contributed by atoms with Crippen LogP contribution in [-0.4, -0.2) is 23.0 Å². The Hall–Kier alpha value is -2.60. The number of carboxylic acids is 1. The molecule has 1 heterocycles. The number of Topliss-reactive ketones (excluding diaryl/α,β-unsaturated/α-hetero) is 1. The topological polar surface area (TPSA) is 72.8 Å². The van der Waals surface area contributed by atoms with E-state index >= 15 is 0 Å². The molecule has 0 aromatic heterocycles. The van der Waals surface area contributed by atoms with Crippen molar-refractivity contribution in [3.05, 3.63) is 63.8 Å². The summed E-state index contributed by atoms with van der Waals surface area (Å²) in [5.41, 5.74) is 1.26. The van der Waals surface area contributed by atoms with Gasteiger partial charge in [-0.25, -0.2) is 4.79 Å². The highest BCUT2D eigenvalue weighted by molar-refractivity contribution is 9.10. The summed E-state index contributed by atoms with van der Waals surface area (Å²) in [4.78, 5) is 23.2. The third kappa shape index (κ3) is 3.33. The van der Waals surface area contributed by atoms with Gasteiger partial charge < -0.3 is 14.6 Å². The second-order valence-corrected chi connectivity index (χ2v) is 6.16. The van der Waals surface area contributed by atoms with Crippen molar-refractivity contribution in [1.82, 2.24) is 0 Å². The average Bonchev–Trinajstić information content (AvgIpc) is 2.85. The number of hydrogen-bond acceptors (Lipinski definition) is 4. The molecule has 0 spiro atoms. The molecule has 1 aliphatic heterocycles. The normalized spacial score (nSPS) is 15.8. The SMILES string of the molecule is C[C@H](Oc1ccc2c(c1)O/C(=C\c1ccc(Br)cc1)C2=O)C(=O)O. The van der Waals surface area contributed by atoms with E-state index in [1.807, 2.05) is 24.3 Å². The summed E-state index contributed by atoms with van der Waals surface area (Å²) < 4.78 is 11.8. The molecule has 0 saturated heterocycles. The number of ether oxygens (including phenoxy) is 2. The highest BCUT2D eigenvalue weighted by atomic mass is 79.9. The van der Waals surface area contributed by atoms with Crippen LogP contribution in [0.1, 0.15) is 22.8 Å². The Balaban J connectivity index is 1.84. The zero-order chi connectivity index (χ0) is 17.3. The first kappa shape index (κ1) is 16.3. The number of ketones is 1. The van der Waals surface area contributed by atoms with Gasteiger partial charge in [-0.3, -0.25) is 4.79 Å². The largest absolute Gasteiger partial charge is 0.479 e. The summed E-state index contributed by atoms with van der Waals surface area (Å²) >= 11 is 3.36. The van der Waals surface area contributed by atoms with Gasteiger partial charge in [0.05, 0.1) is 5.56 Å². The highest BCUT2D eigenvalue weighted by Gasteiger charge is 2.28. The number of rotatable bonds is 4. The zero-order valence-corrected chi connectivity index (χ0v) is 14.2. The van der Waals surface area contributed by atoms with Crippen LogP contribution in [0.15, 0.2) is 52.7 Å².